The quantitative estimate of drug-likeness (QED) is 0.532. The van der Waals surface area contributed by atoms with Gasteiger partial charge >= 0.3 is 0 Å². The Bertz CT molecular complexity index is 372. The molecule has 1 aromatic carbocycles. The molecule has 0 N–H and O–H groups in total. The van der Waals surface area contributed by atoms with E-state index in [4.69, 9.17) is 0 Å². The van der Waals surface area contributed by atoms with Crippen LogP contribution in [-0.4, -0.2) is 5.78 Å². The minimum absolute atomic E-state index is 0.404. The van der Waals surface area contributed by atoms with Gasteiger partial charge in [0.15, 0.2) is 23.2 Å². The molecule has 76 valence electrons. The molecular formula is C10H9F3O. The van der Waals surface area contributed by atoms with Crippen LogP contribution < -0.4 is 0 Å². The van der Waals surface area contributed by atoms with E-state index in [1.54, 1.807) is 13.8 Å². The maximum absolute atomic E-state index is 13.0. The molecule has 0 unspecified atom stereocenters. The van der Waals surface area contributed by atoms with Gasteiger partial charge in [-0.15, -0.1) is 0 Å². The molecule has 0 aliphatic rings. The monoisotopic (exact) mass is 202 g/mol. The summed E-state index contributed by atoms with van der Waals surface area (Å²) in [6, 6.07) is 1.70. The molecule has 0 heterocycles. The van der Waals surface area contributed by atoms with Crippen molar-refractivity contribution in [3.63, 3.8) is 0 Å². The molecule has 4 heteroatoms. The van der Waals surface area contributed by atoms with Crippen molar-refractivity contribution in [2.45, 2.75) is 13.8 Å². The third-order valence-electron chi connectivity index (χ3n) is 1.83. The Labute approximate surface area is 79.5 Å². The van der Waals surface area contributed by atoms with E-state index >= 15 is 0 Å². The summed E-state index contributed by atoms with van der Waals surface area (Å²) in [5.41, 5.74) is -0.404. The van der Waals surface area contributed by atoms with E-state index in [0.29, 0.717) is 0 Å². The van der Waals surface area contributed by atoms with Crippen LogP contribution in [0.2, 0.25) is 0 Å². The predicted molar refractivity (Wildman–Crippen MR) is 45.5 cm³/mol. The highest BCUT2D eigenvalue weighted by Gasteiger charge is 2.20. The highest BCUT2D eigenvalue weighted by atomic mass is 19.2. The first-order valence-corrected chi connectivity index (χ1v) is 4.13. The van der Waals surface area contributed by atoms with Crippen LogP contribution in [0.1, 0.15) is 24.2 Å². The number of ketones is 1. The number of hydrogen-bond donors (Lipinski definition) is 0. The number of benzene rings is 1. The number of Topliss-reactive ketones (excluding diaryl/α,β-unsaturated/α-hetero) is 1. The minimum Gasteiger partial charge on any atom is -0.294 e. The van der Waals surface area contributed by atoms with Gasteiger partial charge in [-0.2, -0.15) is 0 Å². The Balaban J connectivity index is 3.24. The van der Waals surface area contributed by atoms with Gasteiger partial charge < -0.3 is 0 Å². The van der Waals surface area contributed by atoms with Gasteiger partial charge in [0.05, 0.1) is 5.56 Å². The Morgan fingerprint density at radius 3 is 2.21 bits per heavy atom. The fourth-order valence-corrected chi connectivity index (χ4v) is 1.03. The van der Waals surface area contributed by atoms with Crippen LogP contribution in [0.4, 0.5) is 13.2 Å². The summed E-state index contributed by atoms with van der Waals surface area (Å²) in [5.74, 6) is -5.29. The van der Waals surface area contributed by atoms with Gasteiger partial charge in [-0.25, -0.2) is 13.2 Å². The van der Waals surface area contributed by atoms with Crippen LogP contribution in [0.5, 0.6) is 0 Å². The molecule has 0 amide bonds. The molecular weight excluding hydrogens is 193 g/mol. The standard InChI is InChI=1S/C10H9F3O/c1-5(2)10(14)6-3-4-7(11)9(13)8(6)12/h3-5H,1-2H3. The van der Waals surface area contributed by atoms with Gasteiger partial charge in [0.1, 0.15) is 0 Å². The summed E-state index contributed by atoms with van der Waals surface area (Å²) < 4.78 is 38.2. The van der Waals surface area contributed by atoms with Gasteiger partial charge in [0.2, 0.25) is 0 Å². The maximum atomic E-state index is 13.0. The largest absolute Gasteiger partial charge is 0.294 e. The molecule has 0 radical (unpaired) electrons. The average molecular weight is 202 g/mol. The molecule has 0 saturated heterocycles. The van der Waals surface area contributed by atoms with Crippen LogP contribution in [0.25, 0.3) is 0 Å². The maximum Gasteiger partial charge on any atom is 0.195 e. The van der Waals surface area contributed by atoms with Gasteiger partial charge in [-0.05, 0) is 12.1 Å². The number of carbonyl (C=O) groups is 1. The van der Waals surface area contributed by atoms with Crippen molar-refractivity contribution in [1.82, 2.24) is 0 Å². The van der Waals surface area contributed by atoms with E-state index in [0.717, 1.165) is 12.1 Å². The van der Waals surface area contributed by atoms with E-state index in [1.807, 2.05) is 0 Å². The molecule has 0 aliphatic carbocycles. The molecule has 0 aromatic heterocycles. The first-order valence-electron chi connectivity index (χ1n) is 4.13. The topological polar surface area (TPSA) is 17.1 Å². The van der Waals surface area contributed by atoms with Gasteiger partial charge in [-0.1, -0.05) is 13.8 Å². The lowest BCUT2D eigenvalue weighted by Crippen LogP contribution is -2.11. The predicted octanol–water partition coefficient (Wildman–Crippen LogP) is 2.94. The summed E-state index contributed by atoms with van der Waals surface area (Å²) in [4.78, 5) is 11.3. The third kappa shape index (κ3) is 1.78. The lowest BCUT2D eigenvalue weighted by molar-refractivity contribution is 0.0934. The van der Waals surface area contributed by atoms with Crippen molar-refractivity contribution in [3.8, 4) is 0 Å². The fourth-order valence-electron chi connectivity index (χ4n) is 1.03. The highest BCUT2D eigenvalue weighted by Crippen LogP contribution is 2.18. The molecule has 0 aliphatic heterocycles. The Kier molecular flexibility index (Phi) is 2.93. The molecule has 0 atom stereocenters. The van der Waals surface area contributed by atoms with Crippen LogP contribution in [0.3, 0.4) is 0 Å². The number of rotatable bonds is 2. The fraction of sp³-hybridized carbons (Fsp3) is 0.300. The third-order valence-corrected chi connectivity index (χ3v) is 1.83. The van der Waals surface area contributed by atoms with Crippen molar-refractivity contribution in [2.24, 2.45) is 5.92 Å². The first kappa shape index (κ1) is 10.8. The van der Waals surface area contributed by atoms with Crippen molar-refractivity contribution in [1.29, 1.82) is 0 Å². The van der Waals surface area contributed by atoms with Crippen molar-refractivity contribution in [2.75, 3.05) is 0 Å². The number of halogens is 3. The zero-order valence-corrected chi connectivity index (χ0v) is 7.77. The van der Waals surface area contributed by atoms with E-state index in [9.17, 15) is 18.0 Å². The zero-order valence-electron chi connectivity index (χ0n) is 7.77. The Morgan fingerprint density at radius 1 is 1.14 bits per heavy atom. The van der Waals surface area contributed by atoms with Crippen molar-refractivity contribution < 1.29 is 18.0 Å². The molecule has 0 fully saturated rings. The number of hydrogen-bond acceptors (Lipinski definition) is 1. The summed E-state index contributed by atoms with van der Waals surface area (Å²) >= 11 is 0. The summed E-state index contributed by atoms with van der Waals surface area (Å²) in [6.45, 7) is 3.12. The van der Waals surface area contributed by atoms with E-state index in [2.05, 4.69) is 0 Å². The molecule has 14 heavy (non-hydrogen) atoms. The lowest BCUT2D eigenvalue weighted by atomic mass is 10.0. The van der Waals surface area contributed by atoms with E-state index in [-0.39, 0.29) is 0 Å². The first-order chi connectivity index (χ1) is 6.45. The van der Waals surface area contributed by atoms with Gasteiger partial charge in [-0.3, -0.25) is 4.79 Å². The zero-order chi connectivity index (χ0) is 10.9. The summed E-state index contributed by atoms with van der Waals surface area (Å²) in [7, 11) is 0. The molecule has 1 nitrogen and oxygen atoms in total. The lowest BCUT2D eigenvalue weighted by Gasteiger charge is -2.05. The Morgan fingerprint density at radius 2 is 1.71 bits per heavy atom. The molecule has 1 rings (SSSR count). The second kappa shape index (κ2) is 3.82. The van der Waals surface area contributed by atoms with Crippen molar-refractivity contribution in [3.05, 3.63) is 35.1 Å². The van der Waals surface area contributed by atoms with Crippen LogP contribution in [0.15, 0.2) is 12.1 Å². The normalized spacial score (nSPS) is 10.7. The van der Waals surface area contributed by atoms with Gasteiger partial charge in [0.25, 0.3) is 0 Å². The summed E-state index contributed by atoms with van der Waals surface area (Å²) in [6.07, 6.45) is 0. The van der Waals surface area contributed by atoms with Gasteiger partial charge in [0, 0.05) is 5.92 Å². The van der Waals surface area contributed by atoms with E-state index in [1.165, 1.54) is 0 Å². The molecule has 0 spiro atoms. The smallest absolute Gasteiger partial charge is 0.195 e. The van der Waals surface area contributed by atoms with Crippen LogP contribution >= 0.6 is 0 Å². The summed E-state index contributed by atoms with van der Waals surface area (Å²) in [5, 5.41) is 0. The SMILES string of the molecule is CC(C)C(=O)c1ccc(F)c(F)c1F. The average Bonchev–Trinajstić information content (AvgIpc) is 2.13. The second-order valence-corrected chi connectivity index (χ2v) is 3.24. The van der Waals surface area contributed by atoms with Crippen LogP contribution in [-0.2, 0) is 0 Å². The van der Waals surface area contributed by atoms with E-state index < -0.39 is 34.7 Å². The number of carbonyl (C=O) groups excluding carboxylic acids is 1. The highest BCUT2D eigenvalue weighted by molar-refractivity contribution is 5.97. The Hall–Kier alpha value is -1.32. The molecule has 1 aromatic rings. The van der Waals surface area contributed by atoms with Crippen molar-refractivity contribution >= 4 is 5.78 Å². The molecule has 0 saturated carbocycles. The minimum atomic E-state index is -1.60. The second-order valence-electron chi connectivity index (χ2n) is 3.24. The molecule has 0 bridgehead atoms. The van der Waals surface area contributed by atoms with Crippen LogP contribution in [0, 0.1) is 23.4 Å².